The van der Waals surface area contributed by atoms with E-state index in [1.165, 1.54) is 19.3 Å². The van der Waals surface area contributed by atoms with Gasteiger partial charge in [-0.2, -0.15) is 0 Å². The van der Waals surface area contributed by atoms with Gasteiger partial charge in [0, 0.05) is 17.0 Å². The molecule has 0 fully saturated rings. The number of aliphatic hydroxyl groups is 1. The summed E-state index contributed by atoms with van der Waals surface area (Å²) in [5.74, 6) is 5.60. The maximum absolute atomic E-state index is 8.65. The highest BCUT2D eigenvalue weighted by molar-refractivity contribution is 7.10. The summed E-state index contributed by atoms with van der Waals surface area (Å²) in [4.78, 5) is 1.15. The summed E-state index contributed by atoms with van der Waals surface area (Å²) in [6.07, 6.45) is 4.93. The van der Waals surface area contributed by atoms with Gasteiger partial charge in [0.1, 0.15) is 6.61 Å². The lowest BCUT2D eigenvalue weighted by Crippen LogP contribution is -1.95. The Morgan fingerprint density at radius 2 is 2.24 bits per heavy atom. The molecule has 1 aromatic rings. The van der Waals surface area contributed by atoms with Crippen molar-refractivity contribution in [2.24, 2.45) is 0 Å². The van der Waals surface area contributed by atoms with Gasteiger partial charge in [0.15, 0.2) is 0 Å². The molecule has 0 spiro atoms. The van der Waals surface area contributed by atoms with E-state index in [0.29, 0.717) is 6.61 Å². The van der Waals surface area contributed by atoms with Crippen LogP contribution in [0.1, 0.15) is 43.0 Å². The molecule has 1 rings (SSSR count). The molecule has 0 atom stereocenters. The minimum Gasteiger partial charge on any atom is -0.384 e. The van der Waals surface area contributed by atoms with Crippen molar-refractivity contribution in [2.75, 3.05) is 13.2 Å². The summed E-state index contributed by atoms with van der Waals surface area (Å²) in [6, 6.07) is 1.98. The van der Waals surface area contributed by atoms with Crippen LogP contribution in [-0.2, 0) is 11.3 Å². The van der Waals surface area contributed by atoms with Crippen LogP contribution in [0.2, 0.25) is 0 Å². The fourth-order valence-corrected chi connectivity index (χ4v) is 2.26. The highest BCUT2D eigenvalue weighted by atomic mass is 32.1. The number of hydrogen-bond acceptors (Lipinski definition) is 3. The van der Waals surface area contributed by atoms with Gasteiger partial charge in [0.25, 0.3) is 0 Å². The second-order valence-corrected chi connectivity index (χ2v) is 4.83. The van der Waals surface area contributed by atoms with E-state index in [2.05, 4.69) is 18.8 Å². The first kappa shape index (κ1) is 14.2. The van der Waals surface area contributed by atoms with Gasteiger partial charge in [-0.1, -0.05) is 38.0 Å². The zero-order valence-electron chi connectivity index (χ0n) is 10.4. The van der Waals surface area contributed by atoms with Crippen molar-refractivity contribution in [3.05, 3.63) is 21.9 Å². The van der Waals surface area contributed by atoms with Crippen LogP contribution in [0.3, 0.4) is 0 Å². The van der Waals surface area contributed by atoms with Gasteiger partial charge in [-0.25, -0.2) is 0 Å². The quantitative estimate of drug-likeness (QED) is 0.596. The summed E-state index contributed by atoms with van der Waals surface area (Å²) in [5, 5.41) is 10.7. The van der Waals surface area contributed by atoms with Crippen LogP contribution in [0.4, 0.5) is 0 Å². The van der Waals surface area contributed by atoms with Crippen LogP contribution in [0.5, 0.6) is 0 Å². The van der Waals surface area contributed by atoms with Crippen LogP contribution >= 0.6 is 11.3 Å². The van der Waals surface area contributed by atoms with E-state index in [0.717, 1.165) is 23.5 Å². The lowest BCUT2D eigenvalue weighted by Gasteiger charge is -2.02. The van der Waals surface area contributed by atoms with E-state index in [1.54, 1.807) is 11.3 Å². The highest BCUT2D eigenvalue weighted by Gasteiger charge is 2.01. The molecule has 0 aliphatic rings. The standard InChI is InChI=1S/C14H20O2S/c1-2-3-4-5-10-16-12-14-13(7-6-9-15)8-11-17-14/h8,11,15H,2-5,9-10,12H2,1H3. The molecule has 1 aromatic heterocycles. The molecule has 0 unspecified atom stereocenters. The molecule has 0 aliphatic heterocycles. The van der Waals surface area contributed by atoms with Crippen LogP contribution < -0.4 is 0 Å². The van der Waals surface area contributed by atoms with E-state index >= 15 is 0 Å². The fraction of sp³-hybridized carbons (Fsp3) is 0.571. The average Bonchev–Trinajstić information content (AvgIpc) is 2.78. The topological polar surface area (TPSA) is 29.5 Å². The molecular weight excluding hydrogens is 232 g/mol. The maximum atomic E-state index is 8.65. The van der Waals surface area contributed by atoms with Crippen molar-refractivity contribution in [3.8, 4) is 11.8 Å². The largest absolute Gasteiger partial charge is 0.384 e. The van der Waals surface area contributed by atoms with Crippen LogP contribution in [-0.4, -0.2) is 18.3 Å². The van der Waals surface area contributed by atoms with Crippen molar-refractivity contribution < 1.29 is 9.84 Å². The van der Waals surface area contributed by atoms with Crippen molar-refractivity contribution in [1.29, 1.82) is 0 Å². The van der Waals surface area contributed by atoms with Gasteiger partial charge in [-0.3, -0.25) is 0 Å². The number of rotatable bonds is 7. The number of hydrogen-bond donors (Lipinski definition) is 1. The van der Waals surface area contributed by atoms with E-state index in [-0.39, 0.29) is 6.61 Å². The average molecular weight is 252 g/mol. The normalized spacial score (nSPS) is 10.0. The van der Waals surface area contributed by atoms with Gasteiger partial charge >= 0.3 is 0 Å². The van der Waals surface area contributed by atoms with E-state index in [9.17, 15) is 0 Å². The molecule has 94 valence electrons. The summed E-state index contributed by atoms with van der Waals surface area (Å²) in [5.41, 5.74) is 0.984. The molecule has 3 heteroatoms. The Labute approximate surface area is 108 Å². The van der Waals surface area contributed by atoms with Crippen LogP contribution in [0.15, 0.2) is 11.4 Å². The molecule has 2 nitrogen and oxygen atoms in total. The third-order valence-corrected chi connectivity index (χ3v) is 3.32. The Kier molecular flexibility index (Phi) is 7.74. The number of ether oxygens (including phenoxy) is 1. The Bertz CT molecular complexity index is 360. The SMILES string of the molecule is CCCCCCOCc1sccc1C#CCO. The number of unbranched alkanes of at least 4 members (excludes halogenated alkanes) is 3. The van der Waals surface area contributed by atoms with Gasteiger partial charge in [0.2, 0.25) is 0 Å². The molecule has 17 heavy (non-hydrogen) atoms. The van der Waals surface area contributed by atoms with E-state index < -0.39 is 0 Å². The van der Waals surface area contributed by atoms with Crippen molar-refractivity contribution in [2.45, 2.75) is 39.2 Å². The minimum atomic E-state index is -0.0901. The lowest BCUT2D eigenvalue weighted by molar-refractivity contribution is 0.118. The van der Waals surface area contributed by atoms with Crippen molar-refractivity contribution in [1.82, 2.24) is 0 Å². The molecule has 0 bridgehead atoms. The Morgan fingerprint density at radius 1 is 1.35 bits per heavy atom. The minimum absolute atomic E-state index is 0.0901. The van der Waals surface area contributed by atoms with Gasteiger partial charge in [-0.15, -0.1) is 11.3 Å². The molecule has 0 aromatic carbocycles. The summed E-state index contributed by atoms with van der Waals surface area (Å²) in [6.45, 7) is 3.58. The van der Waals surface area contributed by atoms with Gasteiger partial charge in [0.05, 0.1) is 6.61 Å². The number of aliphatic hydroxyl groups excluding tert-OH is 1. The highest BCUT2D eigenvalue weighted by Crippen LogP contribution is 2.17. The Hall–Kier alpha value is -0.820. The van der Waals surface area contributed by atoms with Crippen LogP contribution in [0, 0.1) is 11.8 Å². The monoisotopic (exact) mass is 252 g/mol. The molecule has 0 amide bonds. The molecular formula is C14H20O2S. The van der Waals surface area contributed by atoms with E-state index in [1.807, 2.05) is 11.4 Å². The zero-order chi connectivity index (χ0) is 12.3. The first-order valence-electron chi connectivity index (χ1n) is 6.12. The van der Waals surface area contributed by atoms with Crippen molar-refractivity contribution >= 4 is 11.3 Å². The predicted molar refractivity (Wildman–Crippen MR) is 72.1 cm³/mol. The summed E-state index contributed by atoms with van der Waals surface area (Å²) >= 11 is 1.66. The Morgan fingerprint density at radius 3 is 3.00 bits per heavy atom. The predicted octanol–water partition coefficient (Wildman–Crippen LogP) is 3.19. The summed E-state index contributed by atoms with van der Waals surface area (Å²) < 4.78 is 5.63. The molecule has 1 N–H and O–H groups in total. The zero-order valence-corrected chi connectivity index (χ0v) is 11.2. The number of thiophene rings is 1. The summed E-state index contributed by atoms with van der Waals surface area (Å²) in [7, 11) is 0. The Balaban J connectivity index is 2.24. The first-order valence-corrected chi connectivity index (χ1v) is 7.00. The molecule has 0 aliphatic carbocycles. The van der Waals surface area contributed by atoms with Crippen molar-refractivity contribution in [3.63, 3.8) is 0 Å². The van der Waals surface area contributed by atoms with Gasteiger partial charge in [-0.05, 0) is 17.9 Å². The molecule has 0 saturated carbocycles. The maximum Gasteiger partial charge on any atom is 0.104 e. The molecule has 0 saturated heterocycles. The third kappa shape index (κ3) is 5.88. The lowest BCUT2D eigenvalue weighted by atomic mass is 10.2. The van der Waals surface area contributed by atoms with E-state index in [4.69, 9.17) is 9.84 Å². The molecule has 0 radical (unpaired) electrons. The smallest absolute Gasteiger partial charge is 0.104 e. The second-order valence-electron chi connectivity index (χ2n) is 3.83. The fourth-order valence-electron chi connectivity index (χ4n) is 1.49. The van der Waals surface area contributed by atoms with Gasteiger partial charge < -0.3 is 9.84 Å². The third-order valence-electron chi connectivity index (χ3n) is 2.42. The molecule has 1 heterocycles. The van der Waals surface area contributed by atoms with Crippen LogP contribution in [0.25, 0.3) is 0 Å². The second kappa shape index (κ2) is 9.23. The first-order chi connectivity index (χ1) is 8.38.